The average molecular weight is 238 g/mol. The van der Waals surface area contributed by atoms with E-state index in [2.05, 4.69) is 5.32 Å². The van der Waals surface area contributed by atoms with E-state index in [1.807, 2.05) is 26.8 Å². The summed E-state index contributed by atoms with van der Waals surface area (Å²) in [6.07, 6.45) is 0. The summed E-state index contributed by atoms with van der Waals surface area (Å²) in [5.74, 6) is 0.427. The second-order valence-electron chi connectivity index (χ2n) is 3.25. The molecule has 4 heteroatoms. The minimum absolute atomic E-state index is 0.152. The minimum Gasteiger partial charge on any atom is -0.496 e. The minimum atomic E-state index is -0.152. The van der Waals surface area contributed by atoms with E-state index in [1.165, 1.54) is 0 Å². The molecule has 0 saturated heterocycles. The maximum absolute atomic E-state index is 11.7. The number of carbonyl (C=O) groups excluding carboxylic acids is 1. The van der Waals surface area contributed by atoms with Crippen molar-refractivity contribution in [2.75, 3.05) is 20.2 Å². The number of hydrogen-bond acceptors (Lipinski definition) is 3. The van der Waals surface area contributed by atoms with Gasteiger partial charge in [-0.15, -0.1) is 0 Å². The van der Waals surface area contributed by atoms with Gasteiger partial charge in [-0.2, -0.15) is 0 Å². The fraction of sp³-hybridized carbons (Fsp3) is 0.462. The number of aryl methyl sites for hydroxylation is 1. The van der Waals surface area contributed by atoms with Crippen molar-refractivity contribution in [3.8, 4) is 5.75 Å². The summed E-state index contributed by atoms with van der Waals surface area (Å²) >= 11 is 0. The van der Waals surface area contributed by atoms with Crippen molar-refractivity contribution in [2.24, 2.45) is 5.73 Å². The molecule has 1 aromatic rings. The molecule has 3 N–H and O–H groups in total. The lowest BCUT2D eigenvalue weighted by atomic mass is 10.1. The molecule has 0 atom stereocenters. The van der Waals surface area contributed by atoms with Gasteiger partial charge in [-0.25, -0.2) is 0 Å². The fourth-order valence-corrected chi connectivity index (χ4v) is 1.28. The summed E-state index contributed by atoms with van der Waals surface area (Å²) in [5.41, 5.74) is 6.88. The second kappa shape index (κ2) is 8.58. The molecule has 0 spiro atoms. The highest BCUT2D eigenvalue weighted by atomic mass is 16.5. The first-order valence-corrected chi connectivity index (χ1v) is 5.82. The van der Waals surface area contributed by atoms with Gasteiger partial charge in [-0.05, 0) is 19.1 Å². The molecule has 0 aliphatic heterocycles. The van der Waals surface area contributed by atoms with Crippen molar-refractivity contribution >= 4 is 5.91 Å². The van der Waals surface area contributed by atoms with Crippen LogP contribution < -0.4 is 15.8 Å². The molecule has 0 radical (unpaired) electrons. The molecule has 0 unspecified atom stereocenters. The van der Waals surface area contributed by atoms with Crippen molar-refractivity contribution < 1.29 is 9.53 Å². The fourth-order valence-electron chi connectivity index (χ4n) is 1.28. The van der Waals surface area contributed by atoms with Gasteiger partial charge in [0.2, 0.25) is 0 Å². The third-order valence-corrected chi connectivity index (χ3v) is 2.03. The van der Waals surface area contributed by atoms with Crippen LogP contribution in [0.1, 0.15) is 29.8 Å². The zero-order valence-corrected chi connectivity index (χ0v) is 11.0. The van der Waals surface area contributed by atoms with E-state index in [0.29, 0.717) is 24.4 Å². The molecule has 0 fully saturated rings. The zero-order chi connectivity index (χ0) is 13.3. The summed E-state index contributed by atoms with van der Waals surface area (Å²) < 4.78 is 5.11. The predicted molar refractivity (Wildman–Crippen MR) is 70.5 cm³/mol. The smallest absolute Gasteiger partial charge is 0.255 e. The standard InChI is InChI=1S/C11H16N2O2.C2H6/c1-8-3-4-10(15-2)9(7-8)11(14)13-6-5-12;1-2/h3-4,7H,5-6,12H2,1-2H3,(H,13,14);1-2H3. The van der Waals surface area contributed by atoms with Gasteiger partial charge < -0.3 is 15.8 Å². The topological polar surface area (TPSA) is 64.3 Å². The van der Waals surface area contributed by atoms with E-state index in [1.54, 1.807) is 19.2 Å². The van der Waals surface area contributed by atoms with Crippen LogP contribution >= 0.6 is 0 Å². The number of nitrogens with one attached hydrogen (secondary N) is 1. The Balaban J connectivity index is 0.00000121. The van der Waals surface area contributed by atoms with Crippen molar-refractivity contribution in [1.82, 2.24) is 5.32 Å². The molecule has 1 amide bonds. The van der Waals surface area contributed by atoms with Crippen LogP contribution in [0.4, 0.5) is 0 Å². The van der Waals surface area contributed by atoms with Crippen LogP contribution in [-0.2, 0) is 0 Å². The quantitative estimate of drug-likeness (QED) is 0.839. The van der Waals surface area contributed by atoms with Gasteiger partial charge in [0.05, 0.1) is 12.7 Å². The van der Waals surface area contributed by atoms with E-state index in [0.717, 1.165) is 5.56 Å². The Hall–Kier alpha value is -1.55. The first-order valence-electron chi connectivity index (χ1n) is 5.82. The highest BCUT2D eigenvalue weighted by Gasteiger charge is 2.11. The molecule has 1 aromatic carbocycles. The summed E-state index contributed by atoms with van der Waals surface area (Å²) in [4.78, 5) is 11.7. The maximum Gasteiger partial charge on any atom is 0.255 e. The lowest BCUT2D eigenvalue weighted by Gasteiger charge is -2.09. The molecule has 0 aliphatic carbocycles. The Labute approximate surface area is 103 Å². The van der Waals surface area contributed by atoms with Gasteiger partial charge in [-0.3, -0.25) is 4.79 Å². The molecule has 0 saturated carbocycles. The monoisotopic (exact) mass is 238 g/mol. The molecule has 0 aromatic heterocycles. The lowest BCUT2D eigenvalue weighted by Crippen LogP contribution is -2.29. The lowest BCUT2D eigenvalue weighted by molar-refractivity contribution is 0.0951. The molecule has 0 bridgehead atoms. The second-order valence-corrected chi connectivity index (χ2v) is 3.25. The summed E-state index contributed by atoms with van der Waals surface area (Å²) in [5, 5.41) is 2.71. The third kappa shape index (κ3) is 4.87. The van der Waals surface area contributed by atoms with Crippen LogP contribution in [0.5, 0.6) is 5.75 Å². The van der Waals surface area contributed by atoms with E-state index >= 15 is 0 Å². The molecule has 4 nitrogen and oxygen atoms in total. The Morgan fingerprint density at radius 1 is 1.41 bits per heavy atom. The number of hydrogen-bond donors (Lipinski definition) is 2. The first-order chi connectivity index (χ1) is 8.19. The molecule has 96 valence electrons. The number of amides is 1. The van der Waals surface area contributed by atoms with E-state index < -0.39 is 0 Å². The van der Waals surface area contributed by atoms with Crippen molar-refractivity contribution in [2.45, 2.75) is 20.8 Å². The molecule has 17 heavy (non-hydrogen) atoms. The Bertz CT molecular complexity index is 351. The van der Waals surface area contributed by atoms with Crippen LogP contribution in [0, 0.1) is 6.92 Å². The normalized spacial score (nSPS) is 9.00. The summed E-state index contributed by atoms with van der Waals surface area (Å²) in [6.45, 7) is 6.83. The Kier molecular flexibility index (Phi) is 7.80. The van der Waals surface area contributed by atoms with Crippen LogP contribution in [0.25, 0.3) is 0 Å². The summed E-state index contributed by atoms with van der Waals surface area (Å²) in [7, 11) is 1.55. The molecular weight excluding hydrogens is 216 g/mol. The van der Waals surface area contributed by atoms with E-state index in [9.17, 15) is 4.79 Å². The molecule has 0 aliphatic rings. The van der Waals surface area contributed by atoms with Gasteiger partial charge >= 0.3 is 0 Å². The number of ether oxygens (including phenoxy) is 1. The maximum atomic E-state index is 11.7. The number of benzene rings is 1. The molecule has 0 heterocycles. The van der Waals surface area contributed by atoms with Gasteiger partial charge in [0.1, 0.15) is 5.75 Å². The first kappa shape index (κ1) is 15.4. The highest BCUT2D eigenvalue weighted by Crippen LogP contribution is 2.19. The molecular formula is C13H22N2O2. The average Bonchev–Trinajstić information content (AvgIpc) is 2.38. The highest BCUT2D eigenvalue weighted by molar-refractivity contribution is 5.97. The zero-order valence-electron chi connectivity index (χ0n) is 11.0. The van der Waals surface area contributed by atoms with Gasteiger partial charge in [0, 0.05) is 13.1 Å². The number of carbonyl (C=O) groups is 1. The van der Waals surface area contributed by atoms with Crippen LogP contribution in [0.2, 0.25) is 0 Å². The third-order valence-electron chi connectivity index (χ3n) is 2.03. The largest absolute Gasteiger partial charge is 0.496 e. The number of rotatable bonds is 4. The number of nitrogens with two attached hydrogens (primary N) is 1. The SMILES string of the molecule is CC.COc1ccc(C)cc1C(=O)NCCN. The van der Waals surface area contributed by atoms with Crippen LogP contribution in [0.15, 0.2) is 18.2 Å². The van der Waals surface area contributed by atoms with Crippen LogP contribution in [0.3, 0.4) is 0 Å². The summed E-state index contributed by atoms with van der Waals surface area (Å²) in [6, 6.07) is 5.48. The van der Waals surface area contributed by atoms with Crippen molar-refractivity contribution in [1.29, 1.82) is 0 Å². The van der Waals surface area contributed by atoms with Crippen LogP contribution in [-0.4, -0.2) is 26.1 Å². The van der Waals surface area contributed by atoms with E-state index in [4.69, 9.17) is 10.5 Å². The predicted octanol–water partition coefficient (Wildman–Crippen LogP) is 1.72. The van der Waals surface area contributed by atoms with Gasteiger partial charge in [-0.1, -0.05) is 25.5 Å². The number of methoxy groups -OCH3 is 1. The van der Waals surface area contributed by atoms with E-state index in [-0.39, 0.29) is 5.91 Å². The van der Waals surface area contributed by atoms with Crippen molar-refractivity contribution in [3.05, 3.63) is 29.3 Å². The van der Waals surface area contributed by atoms with Gasteiger partial charge in [0.15, 0.2) is 0 Å². The Morgan fingerprint density at radius 2 is 2.06 bits per heavy atom. The van der Waals surface area contributed by atoms with Crippen molar-refractivity contribution in [3.63, 3.8) is 0 Å². The Morgan fingerprint density at radius 3 is 2.59 bits per heavy atom. The molecule has 1 rings (SSSR count). The van der Waals surface area contributed by atoms with Gasteiger partial charge in [0.25, 0.3) is 5.91 Å².